The van der Waals surface area contributed by atoms with Crippen molar-refractivity contribution >= 4 is 22.3 Å². The minimum absolute atomic E-state index is 0.137. The number of methoxy groups -OCH3 is 4. The van der Waals surface area contributed by atoms with E-state index in [2.05, 4.69) is 0 Å². The van der Waals surface area contributed by atoms with Gasteiger partial charge in [-0.2, -0.15) is 0 Å². The van der Waals surface area contributed by atoms with E-state index in [0.29, 0.717) is 50.3 Å². The molecule has 8 heteroatoms. The van der Waals surface area contributed by atoms with Crippen LogP contribution in [0.25, 0.3) is 10.8 Å². The summed E-state index contributed by atoms with van der Waals surface area (Å²) in [6.45, 7) is 4.99. The monoisotopic (exact) mass is 542 g/mol. The van der Waals surface area contributed by atoms with Crippen LogP contribution in [0.15, 0.2) is 36.4 Å². The fraction of sp³-hybridized carbons (Fsp3) is 0.250. The molecule has 1 aliphatic carbocycles. The lowest BCUT2D eigenvalue weighted by Crippen LogP contribution is -2.23. The van der Waals surface area contributed by atoms with Crippen LogP contribution in [-0.4, -0.2) is 50.2 Å². The molecule has 0 bridgehead atoms. The summed E-state index contributed by atoms with van der Waals surface area (Å²) in [6.07, 6.45) is 0. The highest BCUT2D eigenvalue weighted by Crippen LogP contribution is 2.53. The second kappa shape index (κ2) is 9.79. The molecule has 8 nitrogen and oxygen atoms in total. The lowest BCUT2D eigenvalue weighted by atomic mass is 9.70. The molecule has 206 valence electrons. The number of phenolic OH excluding ortho intramolecular Hbond substituents is 2. The second-order valence-corrected chi connectivity index (χ2v) is 9.87. The van der Waals surface area contributed by atoms with Crippen LogP contribution in [0.4, 0.5) is 0 Å². The van der Waals surface area contributed by atoms with Gasteiger partial charge in [0.15, 0.2) is 5.78 Å². The number of Topliss-reactive ketones (excluding diaryl/α,β-unsaturated/α-hetero) is 1. The third kappa shape index (κ3) is 3.82. The summed E-state index contributed by atoms with van der Waals surface area (Å²) in [7, 11) is 5.99. The third-order valence-corrected chi connectivity index (χ3v) is 7.65. The van der Waals surface area contributed by atoms with Crippen LogP contribution in [0.5, 0.6) is 34.5 Å². The van der Waals surface area contributed by atoms with Crippen molar-refractivity contribution in [3.8, 4) is 34.5 Å². The molecule has 1 unspecified atom stereocenters. The van der Waals surface area contributed by atoms with E-state index in [1.807, 2.05) is 13.0 Å². The first-order valence-electron chi connectivity index (χ1n) is 12.6. The summed E-state index contributed by atoms with van der Waals surface area (Å²) in [6, 6.07) is 10.2. The predicted octanol–water partition coefficient (Wildman–Crippen LogP) is 5.83. The molecule has 0 aliphatic heterocycles. The molecular weight excluding hydrogens is 512 g/mol. The third-order valence-electron chi connectivity index (χ3n) is 7.65. The number of phenols is 2. The smallest absolute Gasteiger partial charge is 0.201 e. The van der Waals surface area contributed by atoms with E-state index in [1.54, 1.807) is 37.3 Å². The Morgan fingerprint density at radius 1 is 0.775 bits per heavy atom. The van der Waals surface area contributed by atoms with Gasteiger partial charge in [-0.1, -0.05) is 6.07 Å². The van der Waals surface area contributed by atoms with Crippen LogP contribution in [0, 0.1) is 13.8 Å². The number of aromatic hydroxyl groups is 2. The Bertz CT molecular complexity index is 1730. The van der Waals surface area contributed by atoms with Gasteiger partial charge in [-0.25, -0.2) is 0 Å². The minimum Gasteiger partial charge on any atom is -0.507 e. The van der Waals surface area contributed by atoms with Crippen LogP contribution >= 0.6 is 0 Å². The molecule has 1 atom stereocenters. The van der Waals surface area contributed by atoms with Crippen molar-refractivity contribution in [2.24, 2.45) is 0 Å². The standard InChI is InChI=1S/C32H30O8/c1-14-8-19-27(21-11-18(38-5)13-24(40-7)30(21)32(36)28(19)22(34)9-14)26-15(2)25(16(3)33)31(35)29-20(26)10-17(37-4)12-23(29)39-6/h8-13,27,34-35H,1-7H3. The molecule has 0 spiro atoms. The fourth-order valence-electron chi connectivity index (χ4n) is 6.00. The second-order valence-electron chi connectivity index (χ2n) is 9.87. The van der Waals surface area contributed by atoms with Crippen LogP contribution in [0.1, 0.15) is 66.9 Å². The van der Waals surface area contributed by atoms with E-state index in [-0.39, 0.29) is 45.5 Å². The molecule has 40 heavy (non-hydrogen) atoms. The molecule has 0 saturated heterocycles. The maximum atomic E-state index is 14.0. The van der Waals surface area contributed by atoms with E-state index in [1.165, 1.54) is 35.4 Å². The number of carbonyl (C=O) groups excluding carboxylic acids is 2. The number of carbonyl (C=O) groups is 2. The average molecular weight is 543 g/mol. The highest BCUT2D eigenvalue weighted by Gasteiger charge is 2.40. The van der Waals surface area contributed by atoms with Gasteiger partial charge < -0.3 is 29.2 Å². The van der Waals surface area contributed by atoms with Gasteiger partial charge in [-0.15, -0.1) is 0 Å². The van der Waals surface area contributed by atoms with Crippen LogP contribution in [0.3, 0.4) is 0 Å². The molecular formula is C32H30O8. The van der Waals surface area contributed by atoms with Gasteiger partial charge in [0.05, 0.1) is 50.5 Å². The molecule has 4 aromatic carbocycles. The first-order chi connectivity index (χ1) is 19.1. The van der Waals surface area contributed by atoms with Crippen molar-refractivity contribution < 1.29 is 38.7 Å². The average Bonchev–Trinajstić information content (AvgIpc) is 2.92. The summed E-state index contributed by atoms with van der Waals surface area (Å²) >= 11 is 0. The van der Waals surface area contributed by atoms with Gasteiger partial charge in [-0.3, -0.25) is 9.59 Å². The molecule has 0 radical (unpaired) electrons. The van der Waals surface area contributed by atoms with E-state index < -0.39 is 5.92 Å². The summed E-state index contributed by atoms with van der Waals surface area (Å²) in [5.74, 6) is -0.202. The zero-order chi connectivity index (χ0) is 29.0. The lowest BCUT2D eigenvalue weighted by Gasteiger charge is -2.33. The Balaban J connectivity index is 2.07. The van der Waals surface area contributed by atoms with Gasteiger partial charge in [0, 0.05) is 18.1 Å². The number of rotatable bonds is 6. The van der Waals surface area contributed by atoms with E-state index in [9.17, 15) is 19.8 Å². The van der Waals surface area contributed by atoms with Crippen LogP contribution in [-0.2, 0) is 0 Å². The molecule has 0 fully saturated rings. The van der Waals surface area contributed by atoms with Gasteiger partial charge >= 0.3 is 0 Å². The van der Waals surface area contributed by atoms with Gasteiger partial charge in [0.2, 0.25) is 5.78 Å². The summed E-state index contributed by atoms with van der Waals surface area (Å²) in [4.78, 5) is 26.9. The van der Waals surface area contributed by atoms with Crippen molar-refractivity contribution in [3.05, 3.63) is 80.9 Å². The topological polar surface area (TPSA) is 112 Å². The highest BCUT2D eigenvalue weighted by atomic mass is 16.5. The van der Waals surface area contributed by atoms with Gasteiger partial charge in [-0.05, 0) is 72.2 Å². The predicted molar refractivity (Wildman–Crippen MR) is 150 cm³/mol. The number of ketones is 2. The Kier molecular flexibility index (Phi) is 6.58. The number of hydrogen-bond acceptors (Lipinski definition) is 8. The number of benzene rings is 4. The van der Waals surface area contributed by atoms with Crippen molar-refractivity contribution in [3.63, 3.8) is 0 Å². The molecule has 0 heterocycles. The van der Waals surface area contributed by atoms with Crippen LogP contribution in [0.2, 0.25) is 0 Å². The summed E-state index contributed by atoms with van der Waals surface area (Å²) < 4.78 is 22.4. The van der Waals surface area contributed by atoms with Crippen molar-refractivity contribution in [1.29, 1.82) is 0 Å². The maximum absolute atomic E-state index is 14.0. The maximum Gasteiger partial charge on any atom is 0.201 e. The number of ether oxygens (including phenoxy) is 4. The molecule has 0 saturated carbocycles. The zero-order valence-electron chi connectivity index (χ0n) is 23.4. The quantitative estimate of drug-likeness (QED) is 0.258. The number of aryl methyl sites for hydroxylation is 1. The Morgan fingerprint density at radius 2 is 1.38 bits per heavy atom. The fourth-order valence-corrected chi connectivity index (χ4v) is 6.00. The van der Waals surface area contributed by atoms with E-state index in [0.717, 1.165) is 5.56 Å². The summed E-state index contributed by atoms with van der Waals surface area (Å²) in [5.41, 5.74) is 3.60. The normalized spacial score (nSPS) is 14.0. The van der Waals surface area contributed by atoms with Gasteiger partial charge in [0.1, 0.15) is 34.5 Å². The molecule has 5 rings (SSSR count). The molecule has 4 aromatic rings. The molecule has 0 aromatic heterocycles. The summed E-state index contributed by atoms with van der Waals surface area (Å²) in [5, 5.41) is 23.4. The zero-order valence-corrected chi connectivity index (χ0v) is 23.4. The van der Waals surface area contributed by atoms with Gasteiger partial charge in [0.25, 0.3) is 0 Å². The number of fused-ring (bicyclic) bond motifs is 3. The first-order valence-corrected chi connectivity index (χ1v) is 12.6. The van der Waals surface area contributed by atoms with E-state index in [4.69, 9.17) is 18.9 Å². The lowest BCUT2D eigenvalue weighted by molar-refractivity contribution is 0.100. The van der Waals surface area contributed by atoms with Crippen molar-refractivity contribution in [2.75, 3.05) is 28.4 Å². The van der Waals surface area contributed by atoms with Crippen molar-refractivity contribution in [2.45, 2.75) is 26.7 Å². The van der Waals surface area contributed by atoms with Crippen LogP contribution < -0.4 is 18.9 Å². The minimum atomic E-state index is -0.671. The molecule has 0 amide bonds. The van der Waals surface area contributed by atoms with E-state index >= 15 is 0 Å². The van der Waals surface area contributed by atoms with Crippen molar-refractivity contribution in [1.82, 2.24) is 0 Å². The molecule has 1 aliphatic rings. The highest BCUT2D eigenvalue weighted by molar-refractivity contribution is 6.17. The Hall–Kier alpha value is -4.72. The first kappa shape index (κ1) is 26.9. The largest absolute Gasteiger partial charge is 0.507 e. The number of hydrogen-bond donors (Lipinski definition) is 2. The Morgan fingerprint density at radius 3 is 1.98 bits per heavy atom. The molecule has 2 N–H and O–H groups in total. The SMILES string of the molecule is COc1cc(OC)c2c(c1)C(c1c(C)c(C(C)=O)c(O)c3c(OC)cc(OC)cc13)c1cc(C)cc(O)c1C2=O. The Labute approximate surface area is 231 Å².